The number of aryl methyl sites for hydroxylation is 1. The minimum absolute atomic E-state index is 0. The molecule has 1 heterocycles. The molecule has 0 aliphatic heterocycles. The molecule has 1 fully saturated rings. The third-order valence-corrected chi connectivity index (χ3v) is 4.77. The minimum Gasteiger partial charge on any atom is -0.461 e. The van der Waals surface area contributed by atoms with Crippen molar-refractivity contribution in [1.29, 1.82) is 0 Å². The molecule has 2 aromatic rings. The Bertz CT molecular complexity index is 689. The molecule has 1 aromatic heterocycles. The van der Waals surface area contributed by atoms with Crippen LogP contribution in [0, 0.1) is 0 Å². The van der Waals surface area contributed by atoms with E-state index in [1.165, 1.54) is 0 Å². The summed E-state index contributed by atoms with van der Waals surface area (Å²) in [6, 6.07) is 8.00. The average Bonchev–Trinajstić information content (AvgIpc) is 3.12. The summed E-state index contributed by atoms with van der Waals surface area (Å²) in [5, 5.41) is 1.09. The summed E-state index contributed by atoms with van der Waals surface area (Å²) < 4.78 is 5.91. The van der Waals surface area contributed by atoms with E-state index in [-0.39, 0.29) is 18.3 Å². The number of para-hydroxylation sites is 1. The van der Waals surface area contributed by atoms with Crippen molar-refractivity contribution in [1.82, 2.24) is 4.90 Å². The van der Waals surface area contributed by atoms with Crippen LogP contribution in [0.25, 0.3) is 11.0 Å². The van der Waals surface area contributed by atoms with Gasteiger partial charge in [-0.3, -0.25) is 4.79 Å². The summed E-state index contributed by atoms with van der Waals surface area (Å²) >= 11 is 0. The molecular weight excluding hydrogens is 312 g/mol. The molecule has 0 saturated heterocycles. The van der Waals surface area contributed by atoms with E-state index in [0.717, 1.165) is 54.4 Å². The van der Waals surface area contributed by atoms with Gasteiger partial charge < -0.3 is 15.1 Å². The van der Waals surface area contributed by atoms with Crippen LogP contribution in [0.5, 0.6) is 0 Å². The first-order valence-corrected chi connectivity index (χ1v) is 8.09. The fourth-order valence-corrected chi connectivity index (χ4v) is 3.52. The summed E-state index contributed by atoms with van der Waals surface area (Å²) in [6.45, 7) is 2.63. The second-order valence-electron chi connectivity index (χ2n) is 6.38. The molecule has 0 spiro atoms. The molecule has 0 unspecified atom stereocenters. The predicted molar refractivity (Wildman–Crippen MR) is 94.7 cm³/mol. The number of furan rings is 1. The maximum absolute atomic E-state index is 12.7. The van der Waals surface area contributed by atoms with Gasteiger partial charge in [0.15, 0.2) is 0 Å². The lowest BCUT2D eigenvalue weighted by atomic mass is 9.97. The molecule has 0 atom stereocenters. The highest BCUT2D eigenvalue weighted by molar-refractivity contribution is 5.87. The Morgan fingerprint density at radius 3 is 2.61 bits per heavy atom. The molecule has 1 aromatic carbocycles. The van der Waals surface area contributed by atoms with Crippen LogP contribution in [0.1, 0.15) is 43.9 Å². The summed E-state index contributed by atoms with van der Waals surface area (Å²) in [4.78, 5) is 14.5. The maximum Gasteiger partial charge on any atom is 0.242 e. The van der Waals surface area contributed by atoms with Gasteiger partial charge >= 0.3 is 0 Å². The van der Waals surface area contributed by atoms with Crippen LogP contribution in [0.4, 0.5) is 0 Å². The molecule has 5 heteroatoms. The Morgan fingerprint density at radius 2 is 1.96 bits per heavy atom. The van der Waals surface area contributed by atoms with Gasteiger partial charge in [-0.05, 0) is 18.9 Å². The van der Waals surface area contributed by atoms with E-state index in [1.54, 1.807) is 4.90 Å². The number of likely N-dealkylation sites (N-methyl/N-ethyl adjacent to an activating group) is 1. The number of hydrogen-bond acceptors (Lipinski definition) is 3. The third-order valence-electron chi connectivity index (χ3n) is 4.77. The number of rotatable bonds is 4. The summed E-state index contributed by atoms with van der Waals surface area (Å²) in [6.07, 6.45) is 4.50. The van der Waals surface area contributed by atoms with E-state index in [1.807, 2.05) is 25.2 Å². The van der Waals surface area contributed by atoms with Crippen molar-refractivity contribution in [3.8, 4) is 0 Å². The molecule has 1 saturated carbocycles. The first-order chi connectivity index (χ1) is 10.5. The largest absolute Gasteiger partial charge is 0.461 e. The number of fused-ring (bicyclic) bond motifs is 1. The van der Waals surface area contributed by atoms with Gasteiger partial charge in [0.05, 0.1) is 5.54 Å². The Kier molecular flexibility index (Phi) is 5.37. The molecule has 1 aliphatic carbocycles. The van der Waals surface area contributed by atoms with Crippen molar-refractivity contribution in [3.05, 3.63) is 35.6 Å². The zero-order valence-electron chi connectivity index (χ0n) is 13.8. The lowest BCUT2D eigenvalue weighted by molar-refractivity contribution is -0.136. The highest BCUT2D eigenvalue weighted by Gasteiger charge is 2.39. The van der Waals surface area contributed by atoms with E-state index in [0.29, 0.717) is 6.54 Å². The molecule has 0 bridgehead atoms. The van der Waals surface area contributed by atoms with Gasteiger partial charge in [0, 0.05) is 31.0 Å². The first kappa shape index (κ1) is 17.8. The number of nitrogens with zero attached hydrogens (tertiary/aromatic N) is 1. The maximum atomic E-state index is 12.7. The van der Waals surface area contributed by atoms with Crippen molar-refractivity contribution in [2.45, 2.75) is 51.1 Å². The van der Waals surface area contributed by atoms with Crippen molar-refractivity contribution in [2.24, 2.45) is 5.73 Å². The van der Waals surface area contributed by atoms with E-state index < -0.39 is 5.54 Å². The fourth-order valence-electron chi connectivity index (χ4n) is 3.52. The summed E-state index contributed by atoms with van der Waals surface area (Å²) in [5.41, 5.74) is 7.63. The quantitative estimate of drug-likeness (QED) is 0.927. The van der Waals surface area contributed by atoms with Crippen LogP contribution in [0.2, 0.25) is 0 Å². The zero-order chi connectivity index (χ0) is 15.7. The average molecular weight is 337 g/mol. The monoisotopic (exact) mass is 336 g/mol. The predicted octanol–water partition coefficient (Wildman–Crippen LogP) is 3.65. The topological polar surface area (TPSA) is 59.5 Å². The molecule has 23 heavy (non-hydrogen) atoms. The van der Waals surface area contributed by atoms with Gasteiger partial charge in [0.25, 0.3) is 0 Å². The van der Waals surface area contributed by atoms with Crippen LogP contribution in [0.15, 0.2) is 28.7 Å². The van der Waals surface area contributed by atoms with Crippen molar-refractivity contribution in [3.63, 3.8) is 0 Å². The molecular formula is C18H25ClN2O2. The van der Waals surface area contributed by atoms with E-state index in [4.69, 9.17) is 10.2 Å². The number of nitrogens with two attached hydrogens (primary N) is 1. The first-order valence-electron chi connectivity index (χ1n) is 8.09. The van der Waals surface area contributed by atoms with Crippen molar-refractivity contribution < 1.29 is 9.21 Å². The second kappa shape index (κ2) is 6.93. The Labute approximate surface area is 143 Å². The van der Waals surface area contributed by atoms with E-state index in [2.05, 4.69) is 13.0 Å². The van der Waals surface area contributed by atoms with Crippen LogP contribution < -0.4 is 5.73 Å². The number of halogens is 1. The number of carbonyl (C=O) groups excluding carboxylic acids is 1. The van der Waals surface area contributed by atoms with Crippen LogP contribution >= 0.6 is 12.4 Å². The van der Waals surface area contributed by atoms with Crippen LogP contribution in [0.3, 0.4) is 0 Å². The van der Waals surface area contributed by atoms with Gasteiger partial charge in [0.1, 0.15) is 11.3 Å². The van der Waals surface area contributed by atoms with Gasteiger partial charge in [-0.15, -0.1) is 12.4 Å². The fraction of sp³-hybridized carbons (Fsp3) is 0.500. The minimum atomic E-state index is -0.666. The summed E-state index contributed by atoms with van der Waals surface area (Å²) in [5.74, 6) is 1.01. The van der Waals surface area contributed by atoms with Crippen LogP contribution in [-0.2, 0) is 17.8 Å². The van der Waals surface area contributed by atoms with E-state index >= 15 is 0 Å². The third kappa shape index (κ3) is 3.24. The number of carbonyl (C=O) groups is 1. The van der Waals surface area contributed by atoms with Gasteiger partial charge in [-0.25, -0.2) is 0 Å². The number of benzene rings is 1. The Morgan fingerprint density at radius 1 is 1.30 bits per heavy atom. The molecule has 1 amide bonds. The Balaban J connectivity index is 0.00000192. The van der Waals surface area contributed by atoms with Gasteiger partial charge in [-0.1, -0.05) is 38.0 Å². The van der Waals surface area contributed by atoms with Gasteiger partial charge in [0.2, 0.25) is 5.91 Å². The standard InChI is InChI=1S/C18H24N2O2.ClH/c1-3-15-14(13-8-4-5-9-16(13)22-15)12-20(2)17(21)18(19)10-6-7-11-18;/h4-5,8-9H,3,6-7,10-12,19H2,1-2H3;1H. The lowest BCUT2D eigenvalue weighted by Crippen LogP contribution is -2.52. The number of amides is 1. The lowest BCUT2D eigenvalue weighted by Gasteiger charge is -2.28. The van der Waals surface area contributed by atoms with Crippen molar-refractivity contribution >= 4 is 29.3 Å². The molecule has 0 radical (unpaired) electrons. The highest BCUT2D eigenvalue weighted by atomic mass is 35.5. The molecule has 3 rings (SSSR count). The molecule has 4 nitrogen and oxygen atoms in total. The normalized spacial score (nSPS) is 16.3. The SMILES string of the molecule is CCc1oc2ccccc2c1CN(C)C(=O)C1(N)CCCC1.Cl. The van der Waals surface area contributed by atoms with Crippen molar-refractivity contribution in [2.75, 3.05) is 7.05 Å². The second-order valence-corrected chi connectivity index (χ2v) is 6.38. The van der Waals surface area contributed by atoms with E-state index in [9.17, 15) is 4.79 Å². The smallest absolute Gasteiger partial charge is 0.242 e. The molecule has 1 aliphatic rings. The van der Waals surface area contributed by atoms with Gasteiger partial charge in [-0.2, -0.15) is 0 Å². The highest BCUT2D eigenvalue weighted by Crippen LogP contribution is 2.31. The molecule has 2 N–H and O–H groups in total. The summed E-state index contributed by atoms with van der Waals surface area (Å²) in [7, 11) is 1.84. The van der Waals surface area contributed by atoms with Crippen LogP contribution in [-0.4, -0.2) is 23.4 Å². The zero-order valence-corrected chi connectivity index (χ0v) is 14.6. The Hall–Kier alpha value is -1.52. The molecule has 126 valence electrons. The number of hydrogen-bond donors (Lipinski definition) is 1.